The number of nitrogens with zero attached hydrogens (tertiary/aromatic N) is 1. The maximum Gasteiger partial charge on any atom is 0.256 e. The van der Waals surface area contributed by atoms with Crippen molar-refractivity contribution in [1.29, 1.82) is 0 Å². The van der Waals surface area contributed by atoms with Gasteiger partial charge in [0.15, 0.2) is 0 Å². The maximum atomic E-state index is 12.6. The van der Waals surface area contributed by atoms with E-state index in [-0.39, 0.29) is 5.56 Å². The van der Waals surface area contributed by atoms with Gasteiger partial charge in [0.1, 0.15) is 29.7 Å². The first-order valence-corrected chi connectivity index (χ1v) is 8.25. The quantitative estimate of drug-likeness (QED) is 0.576. The first-order valence-electron chi connectivity index (χ1n) is 8.25. The lowest BCUT2D eigenvalue weighted by Crippen LogP contribution is -2.46. The van der Waals surface area contributed by atoms with Crippen molar-refractivity contribution in [2.24, 2.45) is 5.73 Å². The third-order valence-corrected chi connectivity index (χ3v) is 4.05. The summed E-state index contributed by atoms with van der Waals surface area (Å²) < 4.78 is 11.4. The van der Waals surface area contributed by atoms with E-state index in [4.69, 9.17) is 14.9 Å². The van der Waals surface area contributed by atoms with E-state index in [2.05, 4.69) is 10.3 Å². The van der Waals surface area contributed by atoms with Crippen molar-refractivity contribution in [3.8, 4) is 5.75 Å². The maximum absolute atomic E-state index is 12.6. The summed E-state index contributed by atoms with van der Waals surface area (Å²) in [5.74, 6) is -0.439. The summed E-state index contributed by atoms with van der Waals surface area (Å²) in [6.45, 7) is 1.40. The number of carbonyl (C=O) groups is 2. The third kappa shape index (κ3) is 4.06. The number of aliphatic hydroxyl groups is 1. The Bertz CT molecular complexity index is 968. The van der Waals surface area contributed by atoms with Gasteiger partial charge in [-0.05, 0) is 42.8 Å². The number of benzene rings is 1. The molecule has 1 atom stereocenters. The lowest BCUT2D eigenvalue weighted by Gasteiger charge is -2.12. The zero-order chi connectivity index (χ0) is 19.4. The van der Waals surface area contributed by atoms with E-state index in [1.165, 1.54) is 0 Å². The number of nitrogens with one attached hydrogen (secondary N) is 1. The van der Waals surface area contributed by atoms with Crippen LogP contribution in [0.15, 0.2) is 47.1 Å². The minimum absolute atomic E-state index is 0.263. The van der Waals surface area contributed by atoms with Gasteiger partial charge < -0.3 is 25.3 Å². The van der Waals surface area contributed by atoms with Crippen molar-refractivity contribution in [2.75, 3.05) is 6.61 Å². The number of hydrogen-bond acceptors (Lipinski definition) is 6. The van der Waals surface area contributed by atoms with E-state index in [0.717, 1.165) is 5.56 Å². The summed E-state index contributed by atoms with van der Waals surface area (Å²) in [7, 11) is 0. The average Bonchev–Trinajstić information content (AvgIpc) is 3.00. The van der Waals surface area contributed by atoms with E-state index in [0.29, 0.717) is 29.1 Å². The van der Waals surface area contributed by atoms with Gasteiger partial charge in [0.25, 0.3) is 5.91 Å². The number of ether oxygens (including phenoxy) is 1. The SMILES string of the molecule is Cc1oc2ccc(OCc3ccncc3)cc2c1C(=O)N[C@@H](CO)C(N)=O. The number of amides is 2. The number of aliphatic hydroxyl groups excluding tert-OH is 1. The Morgan fingerprint density at radius 3 is 2.70 bits per heavy atom. The predicted molar refractivity (Wildman–Crippen MR) is 97.1 cm³/mol. The van der Waals surface area contributed by atoms with Crippen LogP contribution >= 0.6 is 0 Å². The van der Waals surface area contributed by atoms with Gasteiger partial charge in [-0.15, -0.1) is 0 Å². The number of carbonyl (C=O) groups excluding carboxylic acids is 2. The van der Waals surface area contributed by atoms with Crippen LogP contribution in [0.2, 0.25) is 0 Å². The van der Waals surface area contributed by atoms with Crippen molar-refractivity contribution >= 4 is 22.8 Å². The van der Waals surface area contributed by atoms with Gasteiger partial charge in [-0.2, -0.15) is 0 Å². The van der Waals surface area contributed by atoms with Gasteiger partial charge in [-0.3, -0.25) is 14.6 Å². The molecule has 0 spiro atoms. The summed E-state index contributed by atoms with van der Waals surface area (Å²) in [6, 6.07) is 7.66. The number of fused-ring (bicyclic) bond motifs is 1. The van der Waals surface area contributed by atoms with Crippen LogP contribution in [0.3, 0.4) is 0 Å². The van der Waals surface area contributed by atoms with Gasteiger partial charge in [0, 0.05) is 17.8 Å². The van der Waals surface area contributed by atoms with Crippen molar-refractivity contribution in [2.45, 2.75) is 19.6 Å². The molecular formula is C19H19N3O5. The number of nitrogens with two attached hydrogens (primary N) is 1. The predicted octanol–water partition coefficient (Wildman–Crippen LogP) is 1.29. The Morgan fingerprint density at radius 2 is 2.04 bits per heavy atom. The molecule has 3 aromatic rings. The molecule has 0 saturated heterocycles. The van der Waals surface area contributed by atoms with Crippen molar-refractivity contribution in [3.63, 3.8) is 0 Å². The van der Waals surface area contributed by atoms with Crippen LogP contribution in [0.4, 0.5) is 0 Å². The second-order valence-corrected chi connectivity index (χ2v) is 5.95. The fourth-order valence-electron chi connectivity index (χ4n) is 2.65. The van der Waals surface area contributed by atoms with Crippen LogP contribution in [-0.4, -0.2) is 34.6 Å². The number of pyridine rings is 1. The molecule has 4 N–H and O–H groups in total. The van der Waals surface area contributed by atoms with Crippen LogP contribution in [0.5, 0.6) is 5.75 Å². The van der Waals surface area contributed by atoms with Crippen LogP contribution < -0.4 is 15.8 Å². The second-order valence-electron chi connectivity index (χ2n) is 5.95. The van der Waals surface area contributed by atoms with Gasteiger partial charge in [-0.25, -0.2) is 0 Å². The molecule has 0 aliphatic heterocycles. The second kappa shape index (κ2) is 7.88. The number of primary amides is 1. The summed E-state index contributed by atoms with van der Waals surface area (Å²) in [5.41, 5.74) is 6.89. The molecule has 2 heterocycles. The lowest BCUT2D eigenvalue weighted by atomic mass is 10.1. The minimum Gasteiger partial charge on any atom is -0.489 e. The molecule has 8 nitrogen and oxygen atoms in total. The van der Waals surface area contributed by atoms with E-state index >= 15 is 0 Å². The van der Waals surface area contributed by atoms with Crippen LogP contribution in [-0.2, 0) is 11.4 Å². The van der Waals surface area contributed by atoms with E-state index < -0.39 is 24.5 Å². The van der Waals surface area contributed by atoms with Crippen molar-refractivity contribution in [3.05, 3.63) is 59.6 Å². The van der Waals surface area contributed by atoms with Crippen LogP contribution in [0, 0.1) is 6.92 Å². The molecular weight excluding hydrogens is 350 g/mol. The first kappa shape index (κ1) is 18.4. The molecule has 0 unspecified atom stereocenters. The Balaban J connectivity index is 1.86. The highest BCUT2D eigenvalue weighted by atomic mass is 16.5. The summed E-state index contributed by atoms with van der Waals surface area (Å²) in [4.78, 5) is 27.8. The molecule has 3 rings (SSSR count). The lowest BCUT2D eigenvalue weighted by molar-refractivity contribution is -0.120. The van der Waals surface area contributed by atoms with Gasteiger partial charge in [-0.1, -0.05) is 0 Å². The van der Waals surface area contributed by atoms with Crippen molar-refractivity contribution < 1.29 is 23.8 Å². The number of hydrogen-bond donors (Lipinski definition) is 3. The number of furan rings is 1. The number of rotatable bonds is 7. The average molecular weight is 369 g/mol. The normalized spacial score (nSPS) is 11.9. The highest BCUT2D eigenvalue weighted by Crippen LogP contribution is 2.29. The van der Waals surface area contributed by atoms with E-state index in [1.807, 2.05) is 12.1 Å². The zero-order valence-electron chi connectivity index (χ0n) is 14.6. The monoisotopic (exact) mass is 369 g/mol. The standard InChI is InChI=1S/C19H19N3O5/c1-11-17(19(25)22-15(9-23)18(20)24)14-8-13(2-3-16(14)27-11)26-10-12-4-6-21-7-5-12/h2-8,15,23H,9-10H2,1H3,(H2,20,24)(H,22,25)/t15-/m0/s1. The van der Waals surface area contributed by atoms with Gasteiger partial charge in [0.2, 0.25) is 5.91 Å². The number of aromatic nitrogens is 1. The van der Waals surface area contributed by atoms with Crippen molar-refractivity contribution in [1.82, 2.24) is 10.3 Å². The molecule has 8 heteroatoms. The van der Waals surface area contributed by atoms with Gasteiger partial charge in [0.05, 0.1) is 12.2 Å². The summed E-state index contributed by atoms with van der Waals surface area (Å²) in [5, 5.41) is 12.1. The Kier molecular flexibility index (Phi) is 5.37. The largest absolute Gasteiger partial charge is 0.489 e. The van der Waals surface area contributed by atoms with Crippen LogP contribution in [0.25, 0.3) is 11.0 Å². The number of aryl methyl sites for hydroxylation is 1. The molecule has 0 aliphatic carbocycles. The summed E-state index contributed by atoms with van der Waals surface area (Å²) in [6.07, 6.45) is 3.36. The van der Waals surface area contributed by atoms with E-state index in [9.17, 15) is 14.7 Å². The molecule has 0 radical (unpaired) electrons. The molecule has 0 aliphatic rings. The Hall–Kier alpha value is -3.39. The summed E-state index contributed by atoms with van der Waals surface area (Å²) >= 11 is 0. The molecule has 2 aromatic heterocycles. The molecule has 0 bridgehead atoms. The van der Waals surface area contributed by atoms with E-state index in [1.54, 1.807) is 37.5 Å². The molecule has 0 fully saturated rings. The fourth-order valence-corrected chi connectivity index (χ4v) is 2.65. The smallest absolute Gasteiger partial charge is 0.256 e. The highest BCUT2D eigenvalue weighted by molar-refractivity contribution is 6.08. The van der Waals surface area contributed by atoms with Crippen LogP contribution in [0.1, 0.15) is 21.7 Å². The van der Waals surface area contributed by atoms with Gasteiger partial charge >= 0.3 is 0 Å². The highest BCUT2D eigenvalue weighted by Gasteiger charge is 2.23. The Morgan fingerprint density at radius 1 is 1.30 bits per heavy atom. The molecule has 0 saturated carbocycles. The minimum atomic E-state index is -1.17. The first-order chi connectivity index (χ1) is 13.0. The fraction of sp³-hybridized carbons (Fsp3) is 0.211. The topological polar surface area (TPSA) is 128 Å². The molecule has 2 amide bonds. The molecule has 140 valence electrons. The zero-order valence-corrected chi connectivity index (χ0v) is 14.6. The molecule has 27 heavy (non-hydrogen) atoms. The Labute approximate surface area is 154 Å². The molecule has 1 aromatic carbocycles. The third-order valence-electron chi connectivity index (χ3n) is 4.05.